The van der Waals surface area contributed by atoms with Crippen LogP contribution in [0, 0.1) is 5.92 Å². The van der Waals surface area contributed by atoms with Gasteiger partial charge in [0, 0.05) is 18.6 Å². The van der Waals surface area contributed by atoms with E-state index >= 15 is 0 Å². The number of rotatable bonds is 7. The standard InChI is InChI=1S/C28H31NO2/c1-21(23-14-8-4-9-15-23)29(20-22-12-6-3-7-13-22)26-19-18-25(27(26)28(30)31-2)24-16-10-5-11-17-24/h3-17,21,25-27H,18-20H2,1-2H3/t21-,25-,26+,27-/m0/s1. The molecule has 3 nitrogen and oxygen atoms in total. The third kappa shape index (κ3) is 4.72. The van der Waals surface area contributed by atoms with E-state index in [1.165, 1.54) is 23.8 Å². The smallest absolute Gasteiger partial charge is 0.310 e. The van der Waals surface area contributed by atoms with Crippen molar-refractivity contribution in [3.63, 3.8) is 0 Å². The van der Waals surface area contributed by atoms with E-state index in [2.05, 4.69) is 90.7 Å². The molecule has 0 N–H and O–H groups in total. The largest absolute Gasteiger partial charge is 0.469 e. The maximum atomic E-state index is 13.1. The van der Waals surface area contributed by atoms with Gasteiger partial charge >= 0.3 is 5.97 Å². The molecule has 1 saturated carbocycles. The molecule has 0 bridgehead atoms. The van der Waals surface area contributed by atoms with Crippen LogP contribution in [0.5, 0.6) is 0 Å². The molecule has 0 aliphatic heterocycles. The molecule has 0 radical (unpaired) electrons. The highest BCUT2D eigenvalue weighted by Gasteiger charge is 2.46. The van der Waals surface area contributed by atoms with Crippen LogP contribution in [0.15, 0.2) is 91.0 Å². The first-order chi connectivity index (χ1) is 15.2. The Balaban J connectivity index is 1.71. The Bertz CT molecular complexity index is 958. The monoisotopic (exact) mass is 413 g/mol. The summed E-state index contributed by atoms with van der Waals surface area (Å²) < 4.78 is 5.34. The van der Waals surface area contributed by atoms with E-state index in [9.17, 15) is 4.79 Å². The molecule has 4 atom stereocenters. The van der Waals surface area contributed by atoms with E-state index in [0.717, 1.165) is 19.4 Å². The van der Waals surface area contributed by atoms with Gasteiger partial charge in [0.1, 0.15) is 0 Å². The zero-order valence-electron chi connectivity index (χ0n) is 18.4. The predicted octanol–water partition coefficient (Wildman–Crippen LogP) is 5.99. The summed E-state index contributed by atoms with van der Waals surface area (Å²) >= 11 is 0. The van der Waals surface area contributed by atoms with Gasteiger partial charge in [-0.15, -0.1) is 0 Å². The van der Waals surface area contributed by atoms with Crippen molar-refractivity contribution in [2.24, 2.45) is 5.92 Å². The second-order valence-electron chi connectivity index (χ2n) is 8.46. The fourth-order valence-electron chi connectivity index (χ4n) is 5.14. The first-order valence-electron chi connectivity index (χ1n) is 11.2. The molecule has 4 rings (SSSR count). The Kier molecular flexibility index (Phi) is 6.83. The molecule has 1 aliphatic carbocycles. The molecule has 31 heavy (non-hydrogen) atoms. The van der Waals surface area contributed by atoms with Crippen LogP contribution < -0.4 is 0 Å². The van der Waals surface area contributed by atoms with Crippen molar-refractivity contribution >= 4 is 5.97 Å². The lowest BCUT2D eigenvalue weighted by atomic mass is 9.86. The van der Waals surface area contributed by atoms with Gasteiger partial charge < -0.3 is 4.74 Å². The summed E-state index contributed by atoms with van der Waals surface area (Å²) in [5.74, 6) is -0.100. The lowest BCUT2D eigenvalue weighted by molar-refractivity contribution is -0.148. The zero-order valence-corrected chi connectivity index (χ0v) is 18.4. The minimum atomic E-state index is -0.178. The maximum absolute atomic E-state index is 13.1. The van der Waals surface area contributed by atoms with Gasteiger partial charge in [0.2, 0.25) is 0 Å². The fraction of sp³-hybridized carbons (Fsp3) is 0.321. The van der Waals surface area contributed by atoms with Crippen LogP contribution in [0.25, 0.3) is 0 Å². The lowest BCUT2D eigenvalue weighted by Crippen LogP contribution is -2.43. The number of hydrogen-bond acceptors (Lipinski definition) is 3. The highest BCUT2D eigenvalue weighted by Crippen LogP contribution is 2.45. The topological polar surface area (TPSA) is 29.5 Å². The summed E-state index contributed by atoms with van der Waals surface area (Å²) in [6.07, 6.45) is 1.96. The van der Waals surface area contributed by atoms with E-state index in [0.29, 0.717) is 0 Å². The molecule has 3 aromatic rings. The molecular formula is C28H31NO2. The van der Waals surface area contributed by atoms with Crippen LogP contribution in [0.4, 0.5) is 0 Å². The van der Waals surface area contributed by atoms with Gasteiger partial charge in [-0.2, -0.15) is 0 Å². The summed E-state index contributed by atoms with van der Waals surface area (Å²) in [5, 5.41) is 0. The Morgan fingerprint density at radius 1 is 0.903 bits per heavy atom. The van der Waals surface area contributed by atoms with Crippen LogP contribution in [0.2, 0.25) is 0 Å². The fourth-order valence-corrected chi connectivity index (χ4v) is 5.14. The van der Waals surface area contributed by atoms with Gasteiger partial charge in [0.05, 0.1) is 13.0 Å². The Morgan fingerprint density at radius 3 is 2.10 bits per heavy atom. The van der Waals surface area contributed by atoms with Crippen LogP contribution >= 0.6 is 0 Å². The van der Waals surface area contributed by atoms with E-state index in [-0.39, 0.29) is 29.9 Å². The summed E-state index contributed by atoms with van der Waals surface area (Å²) in [6, 6.07) is 31.9. The van der Waals surface area contributed by atoms with Gasteiger partial charge in [-0.1, -0.05) is 91.0 Å². The number of hydrogen-bond donors (Lipinski definition) is 0. The lowest BCUT2D eigenvalue weighted by Gasteiger charge is -2.38. The number of esters is 1. The number of carbonyl (C=O) groups is 1. The van der Waals surface area contributed by atoms with E-state index < -0.39 is 0 Å². The molecular weight excluding hydrogens is 382 g/mol. The van der Waals surface area contributed by atoms with Gasteiger partial charge in [-0.25, -0.2) is 0 Å². The molecule has 3 heteroatoms. The number of nitrogens with zero attached hydrogens (tertiary/aromatic N) is 1. The summed E-state index contributed by atoms with van der Waals surface area (Å²) in [4.78, 5) is 15.6. The van der Waals surface area contributed by atoms with Gasteiger partial charge in [-0.05, 0) is 42.4 Å². The third-order valence-corrected chi connectivity index (χ3v) is 6.74. The average molecular weight is 414 g/mol. The van der Waals surface area contributed by atoms with Crippen LogP contribution in [-0.4, -0.2) is 24.0 Å². The number of benzene rings is 3. The number of ether oxygens (including phenoxy) is 1. The highest BCUT2D eigenvalue weighted by atomic mass is 16.5. The quantitative estimate of drug-likeness (QED) is 0.446. The molecule has 0 heterocycles. The second-order valence-corrected chi connectivity index (χ2v) is 8.46. The van der Waals surface area contributed by atoms with Gasteiger partial charge in [0.25, 0.3) is 0 Å². The van der Waals surface area contributed by atoms with Crippen LogP contribution in [-0.2, 0) is 16.1 Å². The molecule has 0 spiro atoms. The van der Waals surface area contributed by atoms with E-state index in [1.807, 2.05) is 12.1 Å². The molecule has 160 valence electrons. The van der Waals surface area contributed by atoms with Crippen molar-refractivity contribution in [1.29, 1.82) is 0 Å². The van der Waals surface area contributed by atoms with E-state index in [1.54, 1.807) is 0 Å². The Morgan fingerprint density at radius 2 is 1.48 bits per heavy atom. The van der Waals surface area contributed by atoms with Crippen LogP contribution in [0.3, 0.4) is 0 Å². The van der Waals surface area contributed by atoms with Crippen molar-refractivity contribution < 1.29 is 9.53 Å². The normalized spacial score (nSPS) is 21.7. The summed E-state index contributed by atoms with van der Waals surface area (Å²) in [7, 11) is 1.52. The third-order valence-electron chi connectivity index (χ3n) is 6.74. The van der Waals surface area contributed by atoms with E-state index in [4.69, 9.17) is 4.74 Å². The maximum Gasteiger partial charge on any atom is 0.310 e. The zero-order chi connectivity index (χ0) is 21.6. The molecule has 1 fully saturated rings. The number of methoxy groups -OCH3 is 1. The molecule has 3 aromatic carbocycles. The summed E-state index contributed by atoms with van der Waals surface area (Å²) in [5.41, 5.74) is 3.76. The van der Waals surface area contributed by atoms with Crippen molar-refractivity contribution in [3.05, 3.63) is 108 Å². The minimum Gasteiger partial charge on any atom is -0.469 e. The Labute approximate surface area is 185 Å². The molecule has 1 aliphatic rings. The average Bonchev–Trinajstić information content (AvgIpc) is 3.28. The van der Waals surface area contributed by atoms with Crippen molar-refractivity contribution in [1.82, 2.24) is 4.90 Å². The molecule has 0 unspecified atom stereocenters. The van der Waals surface area contributed by atoms with Gasteiger partial charge in [0.15, 0.2) is 0 Å². The first-order valence-corrected chi connectivity index (χ1v) is 11.2. The minimum absolute atomic E-state index is 0.102. The molecule has 0 amide bonds. The second kappa shape index (κ2) is 9.93. The molecule has 0 aromatic heterocycles. The van der Waals surface area contributed by atoms with Gasteiger partial charge in [-0.3, -0.25) is 9.69 Å². The molecule has 0 saturated heterocycles. The summed E-state index contributed by atoms with van der Waals surface area (Å²) in [6.45, 7) is 3.05. The van der Waals surface area contributed by atoms with Crippen molar-refractivity contribution in [2.45, 2.75) is 44.3 Å². The van der Waals surface area contributed by atoms with Crippen LogP contribution in [0.1, 0.15) is 48.4 Å². The first kappa shape index (κ1) is 21.3. The SMILES string of the molecule is COC(=O)[C@@H]1[C@H](N(Cc2ccccc2)[C@@H](C)c2ccccc2)CC[C@H]1c1ccccc1. The Hall–Kier alpha value is -2.91. The van der Waals surface area contributed by atoms with Crippen molar-refractivity contribution in [3.8, 4) is 0 Å². The van der Waals surface area contributed by atoms with Crippen molar-refractivity contribution in [2.75, 3.05) is 7.11 Å². The predicted molar refractivity (Wildman–Crippen MR) is 125 cm³/mol. The highest BCUT2D eigenvalue weighted by molar-refractivity contribution is 5.75. The number of carbonyl (C=O) groups excluding carboxylic acids is 1.